The number of likely N-dealkylation sites (tertiary alicyclic amines) is 1. The first kappa shape index (κ1) is 11.6. The Morgan fingerprint density at radius 2 is 1.83 bits per heavy atom. The van der Waals surface area contributed by atoms with Crippen molar-refractivity contribution >= 4 is 0 Å². The molecule has 0 bridgehead atoms. The molecule has 0 spiro atoms. The first-order valence-electron chi connectivity index (χ1n) is 4.95. The fraction of sp³-hybridized carbons (Fsp3) is 1.00. The van der Waals surface area contributed by atoms with Gasteiger partial charge in [0.2, 0.25) is 0 Å². The summed E-state index contributed by atoms with van der Waals surface area (Å²) in [5, 5.41) is 2.82. The summed E-state index contributed by atoms with van der Waals surface area (Å²) in [6, 6.07) is 0. The summed E-state index contributed by atoms with van der Waals surface area (Å²) in [6.07, 6.45) is 3.59. The van der Waals surface area contributed by atoms with E-state index in [4.69, 9.17) is 0 Å². The summed E-state index contributed by atoms with van der Waals surface area (Å²) in [6.45, 7) is 7.99. The highest BCUT2D eigenvalue weighted by molar-refractivity contribution is 4.65. The van der Waals surface area contributed by atoms with Crippen LogP contribution in [0.4, 0.5) is 0 Å². The van der Waals surface area contributed by atoms with Gasteiger partial charge in [-0.05, 0) is 32.4 Å². The minimum Gasteiger partial charge on any atom is -0.303 e. The molecule has 0 radical (unpaired) electrons. The number of hydrogen-bond donors (Lipinski definition) is 0. The molecule has 12 heavy (non-hydrogen) atoms. The average molecular weight is 172 g/mol. The molecule has 1 aliphatic heterocycles. The van der Waals surface area contributed by atoms with E-state index in [1.165, 1.54) is 25.9 Å². The van der Waals surface area contributed by atoms with Crippen LogP contribution < -0.4 is 0 Å². The number of nitroso groups, excluding NO2 is 1. The molecule has 0 aromatic carbocycles. The van der Waals surface area contributed by atoms with Gasteiger partial charge < -0.3 is 4.90 Å². The Labute approximate surface area is 75.1 Å². The number of hydrogen-bond acceptors (Lipinski definition) is 3. The smallest absolute Gasteiger partial charge is 0.0823 e. The van der Waals surface area contributed by atoms with Gasteiger partial charge in [0.15, 0.2) is 0 Å². The first-order chi connectivity index (χ1) is 5.93. The topological polar surface area (TPSA) is 32.7 Å². The molecule has 0 saturated carbocycles. The molecule has 1 rings (SSSR count). The third-order valence-corrected chi connectivity index (χ3v) is 1.92. The van der Waals surface area contributed by atoms with Gasteiger partial charge in [-0.3, -0.25) is 0 Å². The monoisotopic (exact) mass is 172 g/mol. The molecular formula is C9H20N2O. The van der Waals surface area contributed by atoms with Crippen molar-refractivity contribution in [1.82, 2.24) is 4.90 Å². The van der Waals surface area contributed by atoms with Crippen molar-refractivity contribution in [1.29, 1.82) is 0 Å². The second-order valence-electron chi connectivity index (χ2n) is 2.76. The summed E-state index contributed by atoms with van der Waals surface area (Å²) in [5.41, 5.74) is 0. The highest BCUT2D eigenvalue weighted by Gasteiger charge is 2.09. The number of rotatable bonds is 4. The van der Waals surface area contributed by atoms with Crippen LogP contribution in [-0.2, 0) is 0 Å². The second kappa shape index (κ2) is 8.65. The second-order valence-corrected chi connectivity index (χ2v) is 2.76. The van der Waals surface area contributed by atoms with E-state index in [9.17, 15) is 4.91 Å². The van der Waals surface area contributed by atoms with E-state index in [-0.39, 0.29) is 0 Å². The molecular weight excluding hydrogens is 152 g/mol. The maximum absolute atomic E-state index is 9.71. The molecule has 0 amide bonds. The Kier molecular flexibility index (Phi) is 8.34. The van der Waals surface area contributed by atoms with Crippen LogP contribution in [0.5, 0.6) is 0 Å². The standard InChI is InChI=1S/C7H14N2O.C2H6/c10-8-4-3-7-9-5-1-2-6-9;1-2/h1-7H2;1-2H3. The van der Waals surface area contributed by atoms with Gasteiger partial charge in [0.1, 0.15) is 0 Å². The van der Waals surface area contributed by atoms with Crippen molar-refractivity contribution in [2.24, 2.45) is 5.18 Å². The van der Waals surface area contributed by atoms with Crippen LogP contribution in [0, 0.1) is 4.91 Å². The molecule has 0 unspecified atom stereocenters. The minimum absolute atomic E-state index is 0.483. The molecule has 0 aromatic rings. The molecule has 3 heteroatoms. The summed E-state index contributed by atoms with van der Waals surface area (Å²) in [7, 11) is 0. The van der Waals surface area contributed by atoms with Crippen molar-refractivity contribution in [3.63, 3.8) is 0 Å². The SMILES string of the molecule is CC.O=NCCCN1CCCC1. The first-order valence-corrected chi connectivity index (χ1v) is 4.95. The van der Waals surface area contributed by atoms with Gasteiger partial charge in [0, 0.05) is 6.54 Å². The molecule has 1 fully saturated rings. The van der Waals surface area contributed by atoms with E-state index in [2.05, 4.69) is 10.1 Å². The van der Waals surface area contributed by atoms with Gasteiger partial charge in [-0.25, -0.2) is 0 Å². The third kappa shape index (κ3) is 5.24. The van der Waals surface area contributed by atoms with Crippen LogP contribution >= 0.6 is 0 Å². The predicted molar refractivity (Wildman–Crippen MR) is 52.3 cm³/mol. The van der Waals surface area contributed by atoms with Crippen molar-refractivity contribution in [2.45, 2.75) is 33.1 Å². The lowest BCUT2D eigenvalue weighted by Crippen LogP contribution is -2.20. The molecule has 0 aromatic heterocycles. The van der Waals surface area contributed by atoms with Gasteiger partial charge >= 0.3 is 0 Å². The summed E-state index contributed by atoms with van der Waals surface area (Å²) >= 11 is 0. The fourth-order valence-corrected chi connectivity index (χ4v) is 1.37. The van der Waals surface area contributed by atoms with Gasteiger partial charge in [-0.1, -0.05) is 19.0 Å². The van der Waals surface area contributed by atoms with Gasteiger partial charge in [-0.2, -0.15) is 4.91 Å². The average Bonchev–Trinajstić information content (AvgIpc) is 2.61. The molecule has 1 aliphatic rings. The zero-order chi connectivity index (χ0) is 9.23. The van der Waals surface area contributed by atoms with Crippen LogP contribution in [0.3, 0.4) is 0 Å². The van der Waals surface area contributed by atoms with Crippen LogP contribution in [0.1, 0.15) is 33.1 Å². The van der Waals surface area contributed by atoms with E-state index in [0.717, 1.165) is 13.0 Å². The molecule has 1 saturated heterocycles. The van der Waals surface area contributed by atoms with Gasteiger partial charge in [-0.15, -0.1) is 0 Å². The maximum atomic E-state index is 9.71. The Balaban J connectivity index is 0.000000561. The fourth-order valence-electron chi connectivity index (χ4n) is 1.37. The lowest BCUT2D eigenvalue weighted by molar-refractivity contribution is 0.336. The van der Waals surface area contributed by atoms with E-state index in [1.54, 1.807) is 0 Å². The predicted octanol–water partition coefficient (Wildman–Crippen LogP) is 2.26. The summed E-state index contributed by atoms with van der Waals surface area (Å²) in [5.74, 6) is 0. The zero-order valence-corrected chi connectivity index (χ0v) is 8.25. The van der Waals surface area contributed by atoms with Gasteiger partial charge in [0.25, 0.3) is 0 Å². The summed E-state index contributed by atoms with van der Waals surface area (Å²) < 4.78 is 0. The van der Waals surface area contributed by atoms with Crippen molar-refractivity contribution in [3.05, 3.63) is 4.91 Å². The van der Waals surface area contributed by atoms with Crippen molar-refractivity contribution in [2.75, 3.05) is 26.2 Å². The quantitative estimate of drug-likeness (QED) is 0.481. The molecule has 1 heterocycles. The van der Waals surface area contributed by atoms with E-state index >= 15 is 0 Å². The lowest BCUT2D eigenvalue weighted by atomic mass is 10.4. The summed E-state index contributed by atoms with van der Waals surface area (Å²) in [4.78, 5) is 12.1. The van der Waals surface area contributed by atoms with E-state index < -0.39 is 0 Å². The Hall–Kier alpha value is -0.440. The normalized spacial score (nSPS) is 16.8. The molecule has 0 N–H and O–H groups in total. The third-order valence-electron chi connectivity index (χ3n) is 1.92. The van der Waals surface area contributed by atoms with Crippen molar-refractivity contribution < 1.29 is 0 Å². The maximum Gasteiger partial charge on any atom is 0.0823 e. The molecule has 3 nitrogen and oxygen atoms in total. The lowest BCUT2D eigenvalue weighted by Gasteiger charge is -2.11. The van der Waals surface area contributed by atoms with E-state index in [1.807, 2.05) is 13.8 Å². The molecule has 0 atom stereocenters. The Bertz CT molecular complexity index is 101. The largest absolute Gasteiger partial charge is 0.303 e. The van der Waals surface area contributed by atoms with Crippen LogP contribution in [0.25, 0.3) is 0 Å². The zero-order valence-electron chi connectivity index (χ0n) is 8.25. The van der Waals surface area contributed by atoms with Crippen LogP contribution in [0.2, 0.25) is 0 Å². The van der Waals surface area contributed by atoms with Crippen LogP contribution in [-0.4, -0.2) is 31.1 Å². The minimum atomic E-state index is 0.483. The highest BCUT2D eigenvalue weighted by atomic mass is 16.3. The van der Waals surface area contributed by atoms with Crippen LogP contribution in [0.15, 0.2) is 5.18 Å². The van der Waals surface area contributed by atoms with Crippen molar-refractivity contribution in [3.8, 4) is 0 Å². The highest BCUT2D eigenvalue weighted by Crippen LogP contribution is 2.06. The van der Waals surface area contributed by atoms with E-state index in [0.29, 0.717) is 6.54 Å². The number of nitrogens with zero attached hydrogens (tertiary/aromatic N) is 2. The van der Waals surface area contributed by atoms with Gasteiger partial charge in [0.05, 0.1) is 6.54 Å². The molecule has 72 valence electrons. The Morgan fingerprint density at radius 3 is 2.33 bits per heavy atom. The Morgan fingerprint density at radius 1 is 1.25 bits per heavy atom. The molecule has 0 aliphatic carbocycles.